The first-order chi connectivity index (χ1) is 12.5. The molecule has 4 amide bonds. The molecule has 3 aliphatic carbocycles. The summed E-state index contributed by atoms with van der Waals surface area (Å²) in [5.74, 6) is -0.600. The standard InChI is InChI=1S/C17H21N5O3S/c1-3-11-20-21-17(26-11)19-16(25)18-8(2)22-14(23)12-9-4-5-10(7-6-9)13(12)15(22)24/h4-5,8-10,12-13H,3,6-7H2,1-2H3,(H2,18,19,21,25)/t8-,9-,10-,12-,13+/m0/s1. The molecule has 1 aromatic rings. The van der Waals surface area contributed by atoms with Crippen LogP contribution in [0.25, 0.3) is 0 Å². The van der Waals surface area contributed by atoms with Gasteiger partial charge in [0.25, 0.3) is 0 Å². The van der Waals surface area contributed by atoms with Crippen molar-refractivity contribution in [3.8, 4) is 0 Å². The number of imide groups is 1. The summed E-state index contributed by atoms with van der Waals surface area (Å²) in [7, 11) is 0. The Hall–Kier alpha value is -2.29. The number of nitrogens with zero attached hydrogens (tertiary/aromatic N) is 3. The highest BCUT2D eigenvalue weighted by Crippen LogP contribution is 2.49. The van der Waals surface area contributed by atoms with E-state index in [2.05, 4.69) is 33.0 Å². The molecule has 8 nitrogen and oxygen atoms in total. The second-order valence-electron chi connectivity index (χ2n) is 7.02. The third kappa shape index (κ3) is 2.70. The zero-order valence-corrected chi connectivity index (χ0v) is 15.5. The molecule has 2 bridgehead atoms. The lowest BCUT2D eigenvalue weighted by molar-refractivity contribution is -0.142. The molecule has 5 rings (SSSR count). The predicted molar refractivity (Wildman–Crippen MR) is 95.1 cm³/mol. The molecule has 1 aromatic heterocycles. The number of nitrogens with one attached hydrogen (secondary N) is 2. The highest BCUT2D eigenvalue weighted by Gasteiger charge is 2.57. The number of hydrogen-bond donors (Lipinski definition) is 2. The third-order valence-corrected chi connectivity index (χ3v) is 6.49. The molecule has 4 aliphatic rings. The van der Waals surface area contributed by atoms with Crippen molar-refractivity contribution in [2.75, 3.05) is 5.32 Å². The van der Waals surface area contributed by atoms with Crippen molar-refractivity contribution in [3.63, 3.8) is 0 Å². The van der Waals surface area contributed by atoms with Gasteiger partial charge in [-0.3, -0.25) is 19.8 Å². The van der Waals surface area contributed by atoms with E-state index < -0.39 is 12.2 Å². The smallest absolute Gasteiger partial charge is 0.317 e. The van der Waals surface area contributed by atoms with Crippen molar-refractivity contribution < 1.29 is 14.4 Å². The average Bonchev–Trinajstić information content (AvgIpc) is 3.19. The van der Waals surface area contributed by atoms with E-state index in [1.54, 1.807) is 6.92 Å². The summed E-state index contributed by atoms with van der Waals surface area (Å²) in [6, 6.07) is -0.507. The lowest BCUT2D eigenvalue weighted by Gasteiger charge is -2.38. The van der Waals surface area contributed by atoms with E-state index in [1.807, 2.05) is 6.92 Å². The van der Waals surface area contributed by atoms with Crippen LogP contribution >= 0.6 is 11.3 Å². The number of hydrogen-bond acceptors (Lipinski definition) is 6. The van der Waals surface area contributed by atoms with Crippen LogP contribution in [0.15, 0.2) is 12.2 Å². The number of urea groups is 1. The minimum Gasteiger partial charge on any atom is -0.317 e. The number of anilines is 1. The fourth-order valence-electron chi connectivity index (χ4n) is 4.31. The molecule has 0 radical (unpaired) electrons. The lowest BCUT2D eigenvalue weighted by atomic mass is 9.63. The van der Waals surface area contributed by atoms with Crippen molar-refractivity contribution in [2.45, 2.75) is 39.3 Å². The second-order valence-corrected chi connectivity index (χ2v) is 8.08. The first-order valence-corrected chi connectivity index (χ1v) is 9.76. The van der Waals surface area contributed by atoms with Crippen molar-refractivity contribution in [3.05, 3.63) is 17.2 Å². The average molecular weight is 375 g/mol. The Morgan fingerprint density at radius 3 is 2.35 bits per heavy atom. The maximum absolute atomic E-state index is 12.8. The van der Waals surface area contributed by atoms with Gasteiger partial charge in [-0.15, -0.1) is 10.2 Å². The zero-order valence-electron chi connectivity index (χ0n) is 14.6. The van der Waals surface area contributed by atoms with Gasteiger partial charge in [0.15, 0.2) is 0 Å². The summed E-state index contributed by atoms with van der Waals surface area (Å²) in [5.41, 5.74) is 0. The van der Waals surface area contributed by atoms with Crippen LogP contribution in [-0.4, -0.2) is 39.1 Å². The summed E-state index contributed by atoms with van der Waals surface area (Å²) in [6.45, 7) is 3.61. The van der Waals surface area contributed by atoms with Gasteiger partial charge in [-0.05, 0) is 38.0 Å². The topological polar surface area (TPSA) is 104 Å². The molecule has 26 heavy (non-hydrogen) atoms. The van der Waals surface area contributed by atoms with E-state index in [0.29, 0.717) is 5.13 Å². The summed E-state index contributed by atoms with van der Waals surface area (Å²) in [6.07, 6.45) is 6.10. The van der Waals surface area contributed by atoms with Crippen LogP contribution in [0.3, 0.4) is 0 Å². The number of aryl methyl sites for hydroxylation is 1. The number of fused-ring (bicyclic) bond motifs is 1. The van der Waals surface area contributed by atoms with Crippen LogP contribution in [0.4, 0.5) is 9.93 Å². The van der Waals surface area contributed by atoms with Gasteiger partial charge < -0.3 is 5.32 Å². The summed E-state index contributed by atoms with van der Waals surface area (Å²) >= 11 is 1.30. The molecule has 138 valence electrons. The molecule has 0 aromatic carbocycles. The van der Waals surface area contributed by atoms with Crippen LogP contribution in [-0.2, 0) is 16.0 Å². The minimum atomic E-state index is -0.710. The fourth-order valence-corrected chi connectivity index (χ4v) is 4.99. The molecule has 2 heterocycles. The number of likely N-dealkylation sites (tertiary alicyclic amines) is 1. The van der Waals surface area contributed by atoms with Crippen molar-refractivity contribution in [1.29, 1.82) is 0 Å². The molecule has 2 fully saturated rings. The zero-order chi connectivity index (χ0) is 18.4. The SMILES string of the molecule is CCc1nnc(NC(=O)N[C@H](C)N2C(=O)[C@@H]3[C@H](C2=O)[C@H]2C=C[C@H]3CC2)s1. The highest BCUT2D eigenvalue weighted by molar-refractivity contribution is 7.15. The fraction of sp³-hybridized carbons (Fsp3) is 0.588. The Bertz CT molecular complexity index is 759. The molecule has 1 saturated carbocycles. The molecule has 0 spiro atoms. The van der Waals surface area contributed by atoms with Gasteiger partial charge in [0.05, 0.1) is 11.8 Å². The number of carbonyl (C=O) groups excluding carboxylic acids is 3. The van der Waals surface area contributed by atoms with Crippen LogP contribution in [0.1, 0.15) is 31.7 Å². The molecule has 9 heteroatoms. The summed E-state index contributed by atoms with van der Waals surface area (Å²) < 4.78 is 0. The Morgan fingerprint density at radius 1 is 1.23 bits per heavy atom. The normalized spacial score (nSPS) is 30.5. The number of rotatable bonds is 4. The molecule has 2 N–H and O–H groups in total. The Balaban J connectivity index is 1.43. The van der Waals surface area contributed by atoms with Crippen LogP contribution in [0.2, 0.25) is 0 Å². The number of allylic oxidation sites excluding steroid dienone is 2. The Labute approximate surface area is 155 Å². The maximum atomic E-state index is 12.8. The Morgan fingerprint density at radius 2 is 1.85 bits per heavy atom. The van der Waals surface area contributed by atoms with Crippen LogP contribution < -0.4 is 10.6 Å². The number of carbonyl (C=O) groups is 3. The third-order valence-electron chi connectivity index (χ3n) is 5.51. The van der Waals surface area contributed by atoms with Crippen molar-refractivity contribution >= 4 is 34.3 Å². The van der Waals surface area contributed by atoms with Crippen molar-refractivity contribution in [1.82, 2.24) is 20.4 Å². The van der Waals surface area contributed by atoms with E-state index in [4.69, 9.17) is 0 Å². The number of aromatic nitrogens is 2. The summed E-state index contributed by atoms with van der Waals surface area (Å²) in [4.78, 5) is 39.1. The largest absolute Gasteiger partial charge is 0.322 e. The first kappa shape index (κ1) is 17.1. The highest BCUT2D eigenvalue weighted by atomic mass is 32.1. The van der Waals surface area contributed by atoms with E-state index in [0.717, 1.165) is 24.3 Å². The molecular formula is C17H21N5O3S. The summed E-state index contributed by atoms with van der Waals surface area (Å²) in [5, 5.41) is 14.3. The van der Waals surface area contributed by atoms with Crippen LogP contribution in [0, 0.1) is 23.7 Å². The van der Waals surface area contributed by atoms with Gasteiger partial charge in [0.1, 0.15) is 11.2 Å². The van der Waals surface area contributed by atoms with E-state index in [-0.39, 0.29) is 35.5 Å². The maximum Gasteiger partial charge on any atom is 0.322 e. The Kier molecular flexibility index (Phi) is 4.26. The molecular weight excluding hydrogens is 354 g/mol. The van der Waals surface area contributed by atoms with Gasteiger partial charge in [-0.2, -0.15) is 0 Å². The first-order valence-electron chi connectivity index (χ1n) is 8.94. The second kappa shape index (κ2) is 6.46. The molecule has 5 atom stereocenters. The van der Waals surface area contributed by atoms with Gasteiger partial charge in [-0.25, -0.2) is 4.79 Å². The minimum absolute atomic E-state index is 0.140. The molecule has 1 saturated heterocycles. The molecule has 0 unspecified atom stereocenters. The van der Waals surface area contributed by atoms with Gasteiger partial charge >= 0.3 is 6.03 Å². The van der Waals surface area contributed by atoms with E-state index >= 15 is 0 Å². The predicted octanol–water partition coefficient (Wildman–Crippen LogP) is 1.77. The molecule has 1 aliphatic heterocycles. The lowest BCUT2D eigenvalue weighted by Crippen LogP contribution is -2.50. The van der Waals surface area contributed by atoms with Gasteiger partial charge in [-0.1, -0.05) is 30.4 Å². The van der Waals surface area contributed by atoms with Crippen molar-refractivity contribution in [2.24, 2.45) is 23.7 Å². The van der Waals surface area contributed by atoms with Gasteiger partial charge in [0, 0.05) is 0 Å². The number of amides is 4. The van der Waals surface area contributed by atoms with Crippen LogP contribution in [0.5, 0.6) is 0 Å². The quantitative estimate of drug-likeness (QED) is 0.616. The monoisotopic (exact) mass is 375 g/mol. The van der Waals surface area contributed by atoms with E-state index in [9.17, 15) is 14.4 Å². The van der Waals surface area contributed by atoms with E-state index in [1.165, 1.54) is 16.2 Å². The van der Waals surface area contributed by atoms with Gasteiger partial charge in [0.2, 0.25) is 16.9 Å².